The number of rotatable bonds is 5. The van der Waals surface area contributed by atoms with E-state index >= 15 is 0 Å². The Hall–Kier alpha value is -2.50. The predicted molar refractivity (Wildman–Crippen MR) is 101 cm³/mol. The molecule has 1 N–H and O–H groups in total. The van der Waals surface area contributed by atoms with E-state index in [9.17, 15) is 0 Å². The molecule has 0 fully saturated rings. The summed E-state index contributed by atoms with van der Waals surface area (Å²) >= 11 is 0. The molecule has 3 aromatic rings. The van der Waals surface area contributed by atoms with Crippen molar-refractivity contribution in [2.24, 2.45) is 0 Å². The lowest BCUT2D eigenvalue weighted by atomic mass is 10.1. The van der Waals surface area contributed by atoms with Crippen LogP contribution in [-0.4, -0.2) is 31.0 Å². The van der Waals surface area contributed by atoms with Gasteiger partial charge in [0.2, 0.25) is 0 Å². The zero-order valence-electron chi connectivity index (χ0n) is 15.9. The van der Waals surface area contributed by atoms with Gasteiger partial charge in [0.25, 0.3) is 0 Å². The van der Waals surface area contributed by atoms with Gasteiger partial charge in [0.1, 0.15) is 5.82 Å². The van der Waals surface area contributed by atoms with Crippen LogP contribution in [0, 0.1) is 27.7 Å². The van der Waals surface area contributed by atoms with Crippen molar-refractivity contribution in [3.05, 3.63) is 34.6 Å². The monoisotopic (exact) mass is 338 g/mol. The molecule has 0 amide bonds. The van der Waals surface area contributed by atoms with Crippen molar-refractivity contribution in [1.82, 2.24) is 25.0 Å². The summed E-state index contributed by atoms with van der Waals surface area (Å²) in [7, 11) is 0. The molecular formula is C19H26N6. The summed E-state index contributed by atoms with van der Waals surface area (Å²) in [4.78, 5) is 9.19. The van der Waals surface area contributed by atoms with Gasteiger partial charge in [-0.05, 0) is 51.7 Å². The first kappa shape index (κ1) is 17.3. The quantitative estimate of drug-likeness (QED) is 0.760. The second kappa shape index (κ2) is 6.78. The van der Waals surface area contributed by atoms with Gasteiger partial charge in [-0.3, -0.25) is 0 Å². The van der Waals surface area contributed by atoms with E-state index in [1.165, 1.54) is 5.56 Å². The number of aromatic nitrogens is 5. The lowest BCUT2D eigenvalue weighted by molar-refractivity contribution is 0.668. The van der Waals surface area contributed by atoms with Crippen LogP contribution < -0.4 is 5.32 Å². The summed E-state index contributed by atoms with van der Waals surface area (Å²) in [5.74, 6) is 1.48. The lowest BCUT2D eigenvalue weighted by Gasteiger charge is -2.16. The van der Waals surface area contributed by atoms with Crippen LogP contribution >= 0.6 is 0 Å². The SMILES string of the molecule is CCC(CC)Nc1nc(C)nc2c1nnn2-c1c(C)cc(C)cc1C. The second-order valence-electron chi connectivity index (χ2n) is 6.70. The Morgan fingerprint density at radius 1 is 1.00 bits per heavy atom. The minimum Gasteiger partial charge on any atom is -0.365 e. The molecule has 0 bridgehead atoms. The van der Waals surface area contributed by atoms with Gasteiger partial charge < -0.3 is 5.32 Å². The summed E-state index contributed by atoms with van der Waals surface area (Å²) in [6.45, 7) is 12.5. The molecule has 0 saturated heterocycles. The third-order valence-electron chi connectivity index (χ3n) is 4.59. The number of fused-ring (bicyclic) bond motifs is 1. The Morgan fingerprint density at radius 2 is 1.64 bits per heavy atom. The first-order chi connectivity index (χ1) is 11.9. The first-order valence-electron chi connectivity index (χ1n) is 8.89. The zero-order valence-corrected chi connectivity index (χ0v) is 15.9. The molecule has 25 heavy (non-hydrogen) atoms. The number of nitrogens with zero attached hydrogens (tertiary/aromatic N) is 5. The van der Waals surface area contributed by atoms with Crippen molar-refractivity contribution in [3.63, 3.8) is 0 Å². The Bertz CT molecular complexity index is 885. The Balaban J connectivity index is 2.19. The van der Waals surface area contributed by atoms with Crippen molar-refractivity contribution in [2.45, 2.75) is 60.4 Å². The predicted octanol–water partition coefficient (Wildman–Crippen LogP) is 4.04. The third kappa shape index (κ3) is 3.21. The summed E-state index contributed by atoms with van der Waals surface area (Å²) in [6.07, 6.45) is 2.07. The molecule has 6 nitrogen and oxygen atoms in total. The smallest absolute Gasteiger partial charge is 0.189 e. The standard InChI is InChI=1S/C19H26N6/c1-7-15(8-2)22-18-16-19(21-14(6)20-18)25(24-23-16)17-12(4)9-11(3)10-13(17)5/h9-10,15H,7-8H2,1-6H3,(H,20,21,22). The number of nitrogens with one attached hydrogen (secondary N) is 1. The van der Waals surface area contributed by atoms with Crippen LogP contribution in [0.1, 0.15) is 49.2 Å². The number of aryl methyl sites for hydroxylation is 4. The molecule has 3 rings (SSSR count). The molecule has 0 atom stereocenters. The highest BCUT2D eigenvalue weighted by molar-refractivity contribution is 5.83. The van der Waals surface area contributed by atoms with Crippen LogP contribution in [0.15, 0.2) is 12.1 Å². The van der Waals surface area contributed by atoms with E-state index in [0.29, 0.717) is 11.9 Å². The summed E-state index contributed by atoms with van der Waals surface area (Å²) < 4.78 is 1.84. The average molecular weight is 338 g/mol. The van der Waals surface area contributed by atoms with E-state index < -0.39 is 0 Å². The summed E-state index contributed by atoms with van der Waals surface area (Å²) in [6, 6.07) is 4.69. The van der Waals surface area contributed by atoms with Crippen LogP contribution in [-0.2, 0) is 0 Å². The van der Waals surface area contributed by atoms with Crippen molar-refractivity contribution in [2.75, 3.05) is 5.32 Å². The number of hydrogen-bond donors (Lipinski definition) is 1. The molecule has 2 heterocycles. The highest BCUT2D eigenvalue weighted by atomic mass is 15.5. The average Bonchev–Trinajstić information content (AvgIpc) is 2.95. The molecule has 0 spiro atoms. The number of anilines is 1. The van der Waals surface area contributed by atoms with Crippen molar-refractivity contribution in [1.29, 1.82) is 0 Å². The number of benzene rings is 1. The minimum atomic E-state index is 0.366. The fourth-order valence-electron chi connectivity index (χ4n) is 3.37. The molecule has 132 valence electrons. The van der Waals surface area contributed by atoms with Crippen LogP contribution in [0.3, 0.4) is 0 Å². The van der Waals surface area contributed by atoms with E-state index in [1.54, 1.807) is 0 Å². The first-order valence-corrected chi connectivity index (χ1v) is 8.89. The summed E-state index contributed by atoms with van der Waals surface area (Å²) in [5.41, 5.74) is 6.07. The van der Waals surface area contributed by atoms with Crippen LogP contribution in [0.4, 0.5) is 5.82 Å². The zero-order chi connectivity index (χ0) is 18.1. The van der Waals surface area contributed by atoms with E-state index in [4.69, 9.17) is 0 Å². The van der Waals surface area contributed by atoms with Gasteiger partial charge in [0.15, 0.2) is 17.0 Å². The van der Waals surface area contributed by atoms with Gasteiger partial charge in [-0.1, -0.05) is 36.8 Å². The molecule has 0 aliphatic heterocycles. The normalized spacial score (nSPS) is 11.5. The van der Waals surface area contributed by atoms with Gasteiger partial charge in [-0.15, -0.1) is 5.10 Å². The Morgan fingerprint density at radius 3 is 2.24 bits per heavy atom. The highest BCUT2D eigenvalue weighted by Crippen LogP contribution is 2.26. The number of hydrogen-bond acceptors (Lipinski definition) is 5. The van der Waals surface area contributed by atoms with Crippen LogP contribution in [0.2, 0.25) is 0 Å². The highest BCUT2D eigenvalue weighted by Gasteiger charge is 2.18. The van der Waals surface area contributed by atoms with Gasteiger partial charge in [-0.2, -0.15) is 4.68 Å². The van der Waals surface area contributed by atoms with Crippen LogP contribution in [0.5, 0.6) is 0 Å². The van der Waals surface area contributed by atoms with Crippen molar-refractivity contribution in [3.8, 4) is 5.69 Å². The van der Waals surface area contributed by atoms with E-state index in [1.807, 2.05) is 11.6 Å². The van der Waals surface area contributed by atoms with Crippen molar-refractivity contribution < 1.29 is 0 Å². The van der Waals surface area contributed by atoms with E-state index in [-0.39, 0.29) is 0 Å². The summed E-state index contributed by atoms with van der Waals surface area (Å²) in [5, 5.41) is 12.3. The van der Waals surface area contributed by atoms with E-state index in [0.717, 1.165) is 46.6 Å². The fraction of sp³-hybridized carbons (Fsp3) is 0.474. The molecule has 0 aliphatic rings. The molecule has 0 radical (unpaired) electrons. The molecule has 0 unspecified atom stereocenters. The van der Waals surface area contributed by atoms with Gasteiger partial charge >= 0.3 is 0 Å². The lowest BCUT2D eigenvalue weighted by Crippen LogP contribution is -2.18. The largest absolute Gasteiger partial charge is 0.365 e. The molecular weight excluding hydrogens is 312 g/mol. The van der Waals surface area contributed by atoms with Gasteiger partial charge in [-0.25, -0.2) is 9.97 Å². The molecule has 0 aliphatic carbocycles. The fourth-order valence-corrected chi connectivity index (χ4v) is 3.37. The minimum absolute atomic E-state index is 0.366. The van der Waals surface area contributed by atoms with Crippen molar-refractivity contribution >= 4 is 17.0 Å². The third-order valence-corrected chi connectivity index (χ3v) is 4.59. The maximum atomic E-state index is 4.62. The Labute approximate surface area is 148 Å². The van der Waals surface area contributed by atoms with Gasteiger partial charge in [0, 0.05) is 6.04 Å². The van der Waals surface area contributed by atoms with Gasteiger partial charge in [0.05, 0.1) is 5.69 Å². The molecule has 1 aromatic carbocycles. The van der Waals surface area contributed by atoms with Crippen LogP contribution in [0.25, 0.3) is 16.9 Å². The Kier molecular flexibility index (Phi) is 4.70. The van der Waals surface area contributed by atoms with E-state index in [2.05, 4.69) is 72.3 Å². The molecule has 0 saturated carbocycles. The maximum Gasteiger partial charge on any atom is 0.189 e. The topological polar surface area (TPSA) is 68.5 Å². The molecule has 2 aromatic heterocycles. The molecule has 6 heteroatoms. The maximum absolute atomic E-state index is 4.62. The second-order valence-corrected chi connectivity index (χ2v) is 6.70.